The molecule has 78 valence electrons. The van der Waals surface area contributed by atoms with Gasteiger partial charge in [-0.1, -0.05) is 12.1 Å². The predicted octanol–water partition coefficient (Wildman–Crippen LogP) is 1.68. The summed E-state index contributed by atoms with van der Waals surface area (Å²) in [5, 5.41) is 4.21. The minimum atomic E-state index is 0.758. The highest BCUT2D eigenvalue weighted by atomic mass is 15.3. The molecule has 0 unspecified atom stereocenters. The molecule has 1 aromatic heterocycles. The smallest absolute Gasteiger partial charge is 0.160 e. The zero-order valence-electron chi connectivity index (χ0n) is 9.15. The molecule has 0 aliphatic carbocycles. The van der Waals surface area contributed by atoms with E-state index in [0.717, 1.165) is 28.5 Å². The normalized spacial score (nSPS) is 10.6. The fourth-order valence-corrected chi connectivity index (χ4v) is 1.62. The van der Waals surface area contributed by atoms with E-state index in [-0.39, 0.29) is 0 Å². The number of nitrogen functional groups attached to an aromatic ring is 1. The first-order chi connectivity index (χ1) is 7.09. The number of aromatic nitrogens is 3. The molecule has 1 heterocycles. The molecule has 1 aromatic carbocycles. The van der Waals surface area contributed by atoms with E-state index in [1.807, 2.05) is 39.1 Å². The van der Waals surface area contributed by atoms with Gasteiger partial charge in [-0.15, -0.1) is 0 Å². The van der Waals surface area contributed by atoms with Crippen LogP contribution in [0.15, 0.2) is 18.2 Å². The van der Waals surface area contributed by atoms with E-state index in [1.54, 1.807) is 4.68 Å². The monoisotopic (exact) mass is 202 g/mol. The molecular formula is C11H14N4. The van der Waals surface area contributed by atoms with Crippen molar-refractivity contribution in [1.82, 2.24) is 14.8 Å². The van der Waals surface area contributed by atoms with Crippen molar-refractivity contribution in [2.45, 2.75) is 13.8 Å². The molecule has 0 atom stereocenters. The number of anilines is 1. The molecule has 15 heavy (non-hydrogen) atoms. The molecule has 4 heteroatoms. The van der Waals surface area contributed by atoms with Gasteiger partial charge in [-0.25, -0.2) is 9.67 Å². The average Bonchev–Trinajstić information content (AvgIpc) is 2.50. The number of rotatable bonds is 1. The Morgan fingerprint density at radius 2 is 2.00 bits per heavy atom. The van der Waals surface area contributed by atoms with Gasteiger partial charge in [-0.05, 0) is 25.5 Å². The van der Waals surface area contributed by atoms with Gasteiger partial charge >= 0.3 is 0 Å². The number of para-hydroxylation sites is 1. The number of benzene rings is 1. The molecule has 0 amide bonds. The number of hydrogen-bond donors (Lipinski definition) is 1. The van der Waals surface area contributed by atoms with E-state index in [0.29, 0.717) is 0 Å². The topological polar surface area (TPSA) is 56.7 Å². The van der Waals surface area contributed by atoms with Crippen LogP contribution in [0.1, 0.15) is 11.4 Å². The Bertz CT molecular complexity index is 499. The Labute approximate surface area is 88.8 Å². The molecule has 0 aliphatic heterocycles. The highest BCUT2D eigenvalue weighted by Gasteiger charge is 2.10. The maximum atomic E-state index is 6.01. The minimum Gasteiger partial charge on any atom is -0.398 e. The van der Waals surface area contributed by atoms with Crippen molar-refractivity contribution < 1.29 is 0 Å². The van der Waals surface area contributed by atoms with Gasteiger partial charge < -0.3 is 5.73 Å². The summed E-state index contributed by atoms with van der Waals surface area (Å²) in [7, 11) is 1.87. The summed E-state index contributed by atoms with van der Waals surface area (Å²) in [6.07, 6.45) is 0. The zero-order chi connectivity index (χ0) is 11.0. The van der Waals surface area contributed by atoms with E-state index in [9.17, 15) is 0 Å². The summed E-state index contributed by atoms with van der Waals surface area (Å²) in [6.45, 7) is 3.86. The van der Waals surface area contributed by atoms with Crippen molar-refractivity contribution in [3.63, 3.8) is 0 Å². The lowest BCUT2D eigenvalue weighted by Crippen LogP contribution is -1.99. The van der Waals surface area contributed by atoms with Gasteiger partial charge in [0.2, 0.25) is 0 Å². The van der Waals surface area contributed by atoms with Gasteiger partial charge in [0, 0.05) is 18.3 Å². The largest absolute Gasteiger partial charge is 0.398 e. The fraction of sp³-hybridized carbons (Fsp3) is 0.273. The molecule has 0 saturated carbocycles. The van der Waals surface area contributed by atoms with Gasteiger partial charge in [0.25, 0.3) is 0 Å². The second-order valence-corrected chi connectivity index (χ2v) is 3.64. The van der Waals surface area contributed by atoms with Gasteiger partial charge in [0.05, 0.1) is 0 Å². The van der Waals surface area contributed by atoms with Crippen LogP contribution in [0.4, 0.5) is 5.69 Å². The molecule has 0 fully saturated rings. The summed E-state index contributed by atoms with van der Waals surface area (Å²) >= 11 is 0. The van der Waals surface area contributed by atoms with Crippen LogP contribution in [0.2, 0.25) is 0 Å². The van der Waals surface area contributed by atoms with Crippen LogP contribution in [-0.4, -0.2) is 14.8 Å². The van der Waals surface area contributed by atoms with Crippen LogP contribution in [-0.2, 0) is 7.05 Å². The van der Waals surface area contributed by atoms with Crippen LogP contribution in [0, 0.1) is 13.8 Å². The Kier molecular flexibility index (Phi) is 2.19. The predicted molar refractivity (Wildman–Crippen MR) is 60.3 cm³/mol. The first-order valence-electron chi connectivity index (χ1n) is 4.82. The Hall–Kier alpha value is -1.84. The molecule has 2 rings (SSSR count). The number of nitrogens with zero attached hydrogens (tertiary/aromatic N) is 3. The SMILES string of the molecule is Cc1nc(-c2cccc(C)c2N)n(C)n1. The van der Waals surface area contributed by atoms with Gasteiger partial charge in [-0.3, -0.25) is 0 Å². The van der Waals surface area contributed by atoms with E-state index in [1.165, 1.54) is 0 Å². The molecule has 0 saturated heterocycles. The Morgan fingerprint density at radius 1 is 1.27 bits per heavy atom. The van der Waals surface area contributed by atoms with Gasteiger partial charge in [0.1, 0.15) is 5.82 Å². The second kappa shape index (κ2) is 3.38. The summed E-state index contributed by atoms with van der Waals surface area (Å²) < 4.78 is 1.75. The van der Waals surface area contributed by atoms with Crippen LogP contribution < -0.4 is 5.73 Å². The van der Waals surface area contributed by atoms with Gasteiger partial charge in [0.15, 0.2) is 5.82 Å². The van der Waals surface area contributed by atoms with E-state index >= 15 is 0 Å². The maximum Gasteiger partial charge on any atom is 0.160 e. The van der Waals surface area contributed by atoms with Crippen molar-refractivity contribution >= 4 is 5.69 Å². The van der Waals surface area contributed by atoms with Crippen LogP contribution in [0.25, 0.3) is 11.4 Å². The van der Waals surface area contributed by atoms with Crippen LogP contribution in [0.5, 0.6) is 0 Å². The minimum absolute atomic E-state index is 0.758. The third-order valence-electron chi connectivity index (χ3n) is 2.43. The lowest BCUT2D eigenvalue weighted by Gasteiger charge is -2.06. The third-order valence-corrected chi connectivity index (χ3v) is 2.43. The molecule has 0 radical (unpaired) electrons. The standard InChI is InChI=1S/C11H14N4/c1-7-5-4-6-9(10(7)12)11-13-8(2)14-15(11)3/h4-6H,12H2,1-3H3. The molecule has 2 aromatic rings. The van der Waals surface area contributed by atoms with E-state index in [4.69, 9.17) is 5.73 Å². The number of hydrogen-bond acceptors (Lipinski definition) is 3. The number of nitrogens with two attached hydrogens (primary N) is 1. The van der Waals surface area contributed by atoms with Gasteiger partial charge in [-0.2, -0.15) is 5.10 Å². The van der Waals surface area contributed by atoms with Crippen molar-refractivity contribution in [3.05, 3.63) is 29.6 Å². The highest BCUT2D eigenvalue weighted by Crippen LogP contribution is 2.26. The number of aryl methyl sites for hydroxylation is 3. The summed E-state index contributed by atoms with van der Waals surface area (Å²) in [5.41, 5.74) is 8.79. The summed E-state index contributed by atoms with van der Waals surface area (Å²) in [5.74, 6) is 1.57. The quantitative estimate of drug-likeness (QED) is 0.716. The van der Waals surface area contributed by atoms with Crippen molar-refractivity contribution in [2.24, 2.45) is 7.05 Å². The Balaban J connectivity index is 2.64. The van der Waals surface area contributed by atoms with E-state index in [2.05, 4.69) is 10.1 Å². The fourth-order valence-electron chi connectivity index (χ4n) is 1.62. The zero-order valence-corrected chi connectivity index (χ0v) is 9.15. The van der Waals surface area contributed by atoms with E-state index < -0.39 is 0 Å². The Morgan fingerprint density at radius 3 is 2.60 bits per heavy atom. The summed E-state index contributed by atoms with van der Waals surface area (Å²) in [6, 6.07) is 5.93. The average molecular weight is 202 g/mol. The van der Waals surface area contributed by atoms with Crippen molar-refractivity contribution in [1.29, 1.82) is 0 Å². The lowest BCUT2D eigenvalue weighted by molar-refractivity contribution is 0.764. The molecular weight excluding hydrogens is 188 g/mol. The maximum absolute atomic E-state index is 6.01. The third kappa shape index (κ3) is 1.58. The molecule has 0 bridgehead atoms. The molecule has 0 spiro atoms. The molecule has 4 nitrogen and oxygen atoms in total. The first-order valence-corrected chi connectivity index (χ1v) is 4.82. The second-order valence-electron chi connectivity index (χ2n) is 3.64. The van der Waals surface area contributed by atoms with Crippen LogP contribution in [0.3, 0.4) is 0 Å². The molecule has 2 N–H and O–H groups in total. The van der Waals surface area contributed by atoms with Crippen molar-refractivity contribution in [2.75, 3.05) is 5.73 Å². The lowest BCUT2D eigenvalue weighted by atomic mass is 10.1. The van der Waals surface area contributed by atoms with Crippen LogP contribution >= 0.6 is 0 Å². The summed E-state index contributed by atoms with van der Waals surface area (Å²) in [4.78, 5) is 4.35. The molecule has 0 aliphatic rings. The van der Waals surface area contributed by atoms with Crippen molar-refractivity contribution in [3.8, 4) is 11.4 Å². The highest BCUT2D eigenvalue weighted by molar-refractivity contribution is 5.74. The first kappa shape index (κ1) is 9.71.